The van der Waals surface area contributed by atoms with Gasteiger partial charge in [-0.3, -0.25) is 4.79 Å². The number of nitrogens with two attached hydrogens (primary N) is 1. The number of nitrogens with one attached hydrogen (secondary N) is 1. The van der Waals surface area contributed by atoms with E-state index >= 15 is 0 Å². The van der Waals surface area contributed by atoms with Crippen LogP contribution in [0.4, 0.5) is 5.69 Å². The van der Waals surface area contributed by atoms with Crippen LogP contribution in [0.3, 0.4) is 0 Å². The van der Waals surface area contributed by atoms with Crippen molar-refractivity contribution in [2.45, 2.75) is 26.4 Å². The second-order valence-corrected chi connectivity index (χ2v) is 5.05. The highest BCUT2D eigenvalue weighted by Gasteiger charge is 2.14. The standard InChI is InChI=1S/C15H20N4O2/c1-10(2)19-9-12(16)7-13(19)15(20)18-8-11-4-5-17-14(6-11)21-3/h4-7,9-10H,8,16H2,1-3H3,(H,18,20). The van der Waals surface area contributed by atoms with Gasteiger partial charge in [-0.1, -0.05) is 0 Å². The molecule has 3 N–H and O–H groups in total. The molecule has 2 aromatic heterocycles. The molecular formula is C15H20N4O2. The van der Waals surface area contributed by atoms with Gasteiger partial charge in [0.15, 0.2) is 0 Å². The molecule has 2 aromatic rings. The van der Waals surface area contributed by atoms with Crippen molar-refractivity contribution in [3.05, 3.63) is 41.9 Å². The summed E-state index contributed by atoms with van der Waals surface area (Å²) in [4.78, 5) is 16.3. The van der Waals surface area contributed by atoms with Gasteiger partial charge in [0.05, 0.1) is 12.8 Å². The molecule has 0 aliphatic rings. The number of pyridine rings is 1. The highest BCUT2D eigenvalue weighted by atomic mass is 16.5. The normalized spacial score (nSPS) is 10.7. The van der Waals surface area contributed by atoms with Crippen LogP contribution in [0.25, 0.3) is 0 Å². The fourth-order valence-electron chi connectivity index (χ4n) is 2.05. The number of rotatable bonds is 5. The molecule has 0 saturated carbocycles. The number of amides is 1. The van der Waals surface area contributed by atoms with Gasteiger partial charge in [-0.25, -0.2) is 4.98 Å². The number of methoxy groups -OCH3 is 1. The van der Waals surface area contributed by atoms with Crippen LogP contribution in [0, 0.1) is 0 Å². The Hall–Kier alpha value is -2.50. The van der Waals surface area contributed by atoms with E-state index in [0.717, 1.165) is 5.56 Å². The summed E-state index contributed by atoms with van der Waals surface area (Å²) in [7, 11) is 1.56. The first-order chi connectivity index (χ1) is 10.0. The molecule has 0 fully saturated rings. The monoisotopic (exact) mass is 288 g/mol. The summed E-state index contributed by atoms with van der Waals surface area (Å²) in [6.07, 6.45) is 3.42. The van der Waals surface area contributed by atoms with Gasteiger partial charge < -0.3 is 20.4 Å². The minimum Gasteiger partial charge on any atom is -0.481 e. The van der Waals surface area contributed by atoms with Crippen molar-refractivity contribution in [2.24, 2.45) is 0 Å². The van der Waals surface area contributed by atoms with Gasteiger partial charge in [-0.2, -0.15) is 0 Å². The zero-order chi connectivity index (χ0) is 15.4. The van der Waals surface area contributed by atoms with Crippen LogP contribution < -0.4 is 15.8 Å². The van der Waals surface area contributed by atoms with E-state index in [-0.39, 0.29) is 11.9 Å². The number of hydrogen-bond acceptors (Lipinski definition) is 4. The number of nitrogen functional groups attached to an aromatic ring is 1. The molecule has 0 radical (unpaired) electrons. The van der Waals surface area contributed by atoms with E-state index in [1.54, 1.807) is 31.6 Å². The maximum atomic E-state index is 12.3. The molecule has 1 amide bonds. The number of nitrogens with zero attached hydrogens (tertiary/aromatic N) is 2. The van der Waals surface area contributed by atoms with Gasteiger partial charge in [0.25, 0.3) is 5.91 Å². The van der Waals surface area contributed by atoms with Gasteiger partial charge in [-0.05, 0) is 31.5 Å². The lowest BCUT2D eigenvalue weighted by Crippen LogP contribution is -2.25. The smallest absolute Gasteiger partial charge is 0.268 e. The quantitative estimate of drug-likeness (QED) is 0.881. The van der Waals surface area contributed by atoms with Crippen molar-refractivity contribution in [3.63, 3.8) is 0 Å². The van der Waals surface area contributed by atoms with Crippen LogP contribution in [-0.4, -0.2) is 22.6 Å². The van der Waals surface area contributed by atoms with E-state index in [9.17, 15) is 4.79 Å². The molecule has 21 heavy (non-hydrogen) atoms. The van der Waals surface area contributed by atoms with E-state index in [0.29, 0.717) is 23.8 Å². The summed E-state index contributed by atoms with van der Waals surface area (Å²) >= 11 is 0. The van der Waals surface area contributed by atoms with E-state index in [2.05, 4.69) is 10.3 Å². The lowest BCUT2D eigenvalue weighted by atomic mass is 10.2. The lowest BCUT2D eigenvalue weighted by molar-refractivity contribution is 0.0940. The zero-order valence-electron chi connectivity index (χ0n) is 12.5. The number of ether oxygens (including phenoxy) is 1. The Kier molecular flexibility index (Phi) is 4.47. The van der Waals surface area contributed by atoms with Gasteiger partial charge >= 0.3 is 0 Å². The van der Waals surface area contributed by atoms with Gasteiger partial charge in [0, 0.05) is 31.0 Å². The topological polar surface area (TPSA) is 82.2 Å². The van der Waals surface area contributed by atoms with E-state index in [4.69, 9.17) is 10.5 Å². The minimum atomic E-state index is -0.156. The molecule has 0 aliphatic carbocycles. The molecule has 0 spiro atoms. The molecule has 0 saturated heterocycles. The lowest BCUT2D eigenvalue weighted by Gasteiger charge is -2.12. The number of anilines is 1. The Morgan fingerprint density at radius 1 is 1.48 bits per heavy atom. The van der Waals surface area contributed by atoms with Gasteiger partial charge in [0.1, 0.15) is 5.69 Å². The van der Waals surface area contributed by atoms with Crippen LogP contribution in [0.1, 0.15) is 35.9 Å². The predicted octanol–water partition coefficient (Wildman–Crippen LogP) is 1.98. The minimum absolute atomic E-state index is 0.156. The highest BCUT2D eigenvalue weighted by Crippen LogP contribution is 2.16. The molecule has 2 rings (SSSR count). The predicted molar refractivity (Wildman–Crippen MR) is 81.2 cm³/mol. The van der Waals surface area contributed by atoms with Crippen molar-refractivity contribution in [2.75, 3.05) is 12.8 Å². The van der Waals surface area contributed by atoms with Crippen molar-refractivity contribution in [3.8, 4) is 5.88 Å². The summed E-state index contributed by atoms with van der Waals surface area (Å²) in [5.41, 5.74) is 7.84. The van der Waals surface area contributed by atoms with Crippen molar-refractivity contribution in [1.29, 1.82) is 0 Å². The fraction of sp³-hybridized carbons (Fsp3) is 0.333. The average molecular weight is 288 g/mol. The van der Waals surface area contributed by atoms with E-state index < -0.39 is 0 Å². The third kappa shape index (κ3) is 3.53. The molecule has 0 atom stereocenters. The first-order valence-corrected chi connectivity index (χ1v) is 6.75. The van der Waals surface area contributed by atoms with Crippen LogP contribution in [0.5, 0.6) is 5.88 Å². The van der Waals surface area contributed by atoms with Crippen molar-refractivity contribution < 1.29 is 9.53 Å². The van der Waals surface area contributed by atoms with Crippen molar-refractivity contribution in [1.82, 2.24) is 14.9 Å². The first kappa shape index (κ1) is 14.9. The SMILES string of the molecule is COc1cc(CNC(=O)c2cc(N)cn2C(C)C)ccn1. The maximum absolute atomic E-state index is 12.3. The Morgan fingerprint density at radius 3 is 2.90 bits per heavy atom. The van der Waals surface area contributed by atoms with E-state index in [1.165, 1.54) is 0 Å². The molecule has 2 heterocycles. The fourth-order valence-corrected chi connectivity index (χ4v) is 2.05. The Balaban J connectivity index is 2.08. The number of aromatic nitrogens is 2. The third-order valence-electron chi connectivity index (χ3n) is 3.12. The zero-order valence-corrected chi connectivity index (χ0v) is 12.5. The molecule has 0 bridgehead atoms. The van der Waals surface area contributed by atoms with Crippen molar-refractivity contribution >= 4 is 11.6 Å². The molecule has 0 unspecified atom stereocenters. The van der Waals surface area contributed by atoms with Gasteiger partial charge in [0.2, 0.25) is 5.88 Å². The van der Waals surface area contributed by atoms with Crippen LogP contribution in [0.2, 0.25) is 0 Å². The third-order valence-corrected chi connectivity index (χ3v) is 3.12. The molecule has 0 aromatic carbocycles. The van der Waals surface area contributed by atoms with Crippen LogP contribution in [-0.2, 0) is 6.54 Å². The average Bonchev–Trinajstić information content (AvgIpc) is 2.87. The summed E-state index contributed by atoms with van der Waals surface area (Å²) < 4.78 is 6.91. The Morgan fingerprint density at radius 2 is 2.24 bits per heavy atom. The molecule has 0 aliphatic heterocycles. The molecule has 6 heteroatoms. The Labute approximate surface area is 123 Å². The summed E-state index contributed by atoms with van der Waals surface area (Å²) in [5, 5.41) is 2.88. The largest absolute Gasteiger partial charge is 0.481 e. The second kappa shape index (κ2) is 6.30. The molecule has 112 valence electrons. The van der Waals surface area contributed by atoms with E-state index in [1.807, 2.05) is 24.5 Å². The number of carbonyl (C=O) groups excluding carboxylic acids is 1. The van der Waals surface area contributed by atoms with Crippen LogP contribution >= 0.6 is 0 Å². The van der Waals surface area contributed by atoms with Crippen LogP contribution in [0.15, 0.2) is 30.6 Å². The number of carbonyl (C=O) groups is 1. The molecule has 6 nitrogen and oxygen atoms in total. The summed E-state index contributed by atoms with van der Waals surface area (Å²) in [5.74, 6) is 0.368. The highest BCUT2D eigenvalue weighted by molar-refractivity contribution is 5.93. The Bertz CT molecular complexity index is 634. The summed E-state index contributed by atoms with van der Waals surface area (Å²) in [6, 6.07) is 5.47. The van der Waals surface area contributed by atoms with Gasteiger partial charge in [-0.15, -0.1) is 0 Å². The maximum Gasteiger partial charge on any atom is 0.268 e. The molecular weight excluding hydrogens is 268 g/mol. The summed E-state index contributed by atoms with van der Waals surface area (Å²) in [6.45, 7) is 4.41. The second-order valence-electron chi connectivity index (χ2n) is 5.05. The number of hydrogen-bond donors (Lipinski definition) is 2. The first-order valence-electron chi connectivity index (χ1n) is 6.75.